The van der Waals surface area contributed by atoms with E-state index in [1.54, 1.807) is 17.0 Å². The van der Waals surface area contributed by atoms with Gasteiger partial charge in [0.1, 0.15) is 5.82 Å². The highest BCUT2D eigenvalue weighted by Gasteiger charge is 2.32. The van der Waals surface area contributed by atoms with Crippen molar-refractivity contribution >= 4 is 11.6 Å². The summed E-state index contributed by atoms with van der Waals surface area (Å²) in [5.74, 6) is 0.0280. The molecule has 5 heteroatoms. The van der Waals surface area contributed by atoms with Crippen LogP contribution < -0.4 is 0 Å². The van der Waals surface area contributed by atoms with E-state index >= 15 is 0 Å². The third-order valence-corrected chi connectivity index (χ3v) is 3.38. The van der Waals surface area contributed by atoms with Crippen LogP contribution in [0.2, 0.25) is 0 Å². The van der Waals surface area contributed by atoms with E-state index in [1.165, 1.54) is 12.1 Å². The SMILES string of the molecule is CCN(CC(C)C)C(=O)C1CC(c2cccc(F)c2)=NO1. The Morgan fingerprint density at radius 1 is 1.52 bits per heavy atom. The monoisotopic (exact) mass is 292 g/mol. The number of hydrogen-bond donors (Lipinski definition) is 0. The van der Waals surface area contributed by atoms with Crippen molar-refractivity contribution in [2.45, 2.75) is 33.3 Å². The van der Waals surface area contributed by atoms with Gasteiger partial charge >= 0.3 is 0 Å². The van der Waals surface area contributed by atoms with Gasteiger partial charge in [-0.05, 0) is 25.0 Å². The van der Waals surface area contributed by atoms with E-state index in [0.29, 0.717) is 36.7 Å². The van der Waals surface area contributed by atoms with Crippen molar-refractivity contribution < 1.29 is 14.0 Å². The number of oxime groups is 1. The zero-order chi connectivity index (χ0) is 15.4. The molecule has 0 saturated heterocycles. The standard InChI is InChI=1S/C16H21FN2O2/c1-4-19(10-11(2)3)16(20)15-9-14(18-21-15)12-6-5-7-13(17)8-12/h5-8,11,15H,4,9-10H2,1-3H3. The number of benzene rings is 1. The lowest BCUT2D eigenvalue weighted by Gasteiger charge is -2.24. The Bertz CT molecular complexity index is 543. The fourth-order valence-electron chi connectivity index (χ4n) is 2.37. The third-order valence-electron chi connectivity index (χ3n) is 3.38. The van der Waals surface area contributed by atoms with Crippen LogP contribution in [0.25, 0.3) is 0 Å². The minimum Gasteiger partial charge on any atom is -0.382 e. The van der Waals surface area contributed by atoms with E-state index in [-0.39, 0.29) is 11.7 Å². The summed E-state index contributed by atoms with van der Waals surface area (Å²) in [6.45, 7) is 7.43. The van der Waals surface area contributed by atoms with Crippen LogP contribution in [-0.2, 0) is 9.63 Å². The van der Waals surface area contributed by atoms with E-state index in [2.05, 4.69) is 19.0 Å². The van der Waals surface area contributed by atoms with Crippen LogP contribution in [0.4, 0.5) is 4.39 Å². The van der Waals surface area contributed by atoms with Crippen LogP contribution in [0, 0.1) is 11.7 Å². The van der Waals surface area contributed by atoms with Crippen molar-refractivity contribution in [2.24, 2.45) is 11.1 Å². The minimum absolute atomic E-state index is 0.0543. The van der Waals surface area contributed by atoms with E-state index < -0.39 is 6.10 Å². The summed E-state index contributed by atoms with van der Waals surface area (Å²) in [5, 5.41) is 3.95. The number of hydrogen-bond acceptors (Lipinski definition) is 3. The average Bonchev–Trinajstić information content (AvgIpc) is 2.93. The van der Waals surface area contributed by atoms with Gasteiger partial charge in [-0.1, -0.05) is 31.1 Å². The Labute approximate surface area is 124 Å². The predicted octanol–water partition coefficient (Wildman–Crippen LogP) is 2.82. The maximum Gasteiger partial charge on any atom is 0.266 e. The quantitative estimate of drug-likeness (QED) is 0.837. The van der Waals surface area contributed by atoms with Gasteiger partial charge in [0.05, 0.1) is 5.71 Å². The molecule has 0 aliphatic carbocycles. The van der Waals surface area contributed by atoms with Crippen molar-refractivity contribution in [3.8, 4) is 0 Å². The van der Waals surface area contributed by atoms with Gasteiger partial charge in [0.2, 0.25) is 6.10 Å². The molecule has 1 atom stereocenters. The van der Waals surface area contributed by atoms with Gasteiger partial charge in [-0.3, -0.25) is 4.79 Å². The molecule has 0 spiro atoms. The number of carbonyl (C=O) groups excluding carboxylic acids is 1. The van der Waals surface area contributed by atoms with Crippen LogP contribution in [0.15, 0.2) is 29.4 Å². The number of rotatable bonds is 5. The molecule has 0 fully saturated rings. The fourth-order valence-corrected chi connectivity index (χ4v) is 2.37. The summed E-state index contributed by atoms with van der Waals surface area (Å²) in [4.78, 5) is 19.4. The molecule has 0 bridgehead atoms. The first-order valence-corrected chi connectivity index (χ1v) is 7.28. The zero-order valence-electron chi connectivity index (χ0n) is 12.7. The van der Waals surface area contributed by atoms with Crippen molar-refractivity contribution in [3.63, 3.8) is 0 Å². The van der Waals surface area contributed by atoms with E-state index in [0.717, 1.165) is 0 Å². The molecule has 1 aliphatic heterocycles. The van der Waals surface area contributed by atoms with Gasteiger partial charge in [0.25, 0.3) is 5.91 Å². The molecule has 2 rings (SSSR count). The topological polar surface area (TPSA) is 41.9 Å². The van der Waals surface area contributed by atoms with Crippen molar-refractivity contribution in [3.05, 3.63) is 35.6 Å². The average molecular weight is 292 g/mol. The van der Waals surface area contributed by atoms with Gasteiger partial charge in [0, 0.05) is 25.1 Å². The molecular formula is C16H21FN2O2. The Morgan fingerprint density at radius 3 is 2.90 bits per heavy atom. The molecule has 1 aromatic carbocycles. The second kappa shape index (κ2) is 6.70. The smallest absolute Gasteiger partial charge is 0.266 e. The molecule has 0 aromatic heterocycles. The highest BCUT2D eigenvalue weighted by Crippen LogP contribution is 2.19. The van der Waals surface area contributed by atoms with E-state index in [1.807, 2.05) is 6.92 Å². The van der Waals surface area contributed by atoms with Crippen LogP contribution in [0.3, 0.4) is 0 Å². The van der Waals surface area contributed by atoms with Crippen molar-refractivity contribution in [1.82, 2.24) is 4.90 Å². The Balaban J connectivity index is 2.02. The second-order valence-corrected chi connectivity index (χ2v) is 5.62. The molecule has 1 heterocycles. The number of likely N-dealkylation sites (N-methyl/N-ethyl adjacent to an activating group) is 1. The highest BCUT2D eigenvalue weighted by atomic mass is 19.1. The maximum atomic E-state index is 13.2. The summed E-state index contributed by atoms with van der Waals surface area (Å²) >= 11 is 0. The maximum absolute atomic E-state index is 13.2. The fraction of sp³-hybridized carbons (Fsp3) is 0.500. The summed E-state index contributed by atoms with van der Waals surface area (Å²) in [6.07, 6.45) is -0.210. The molecule has 1 amide bonds. The lowest BCUT2D eigenvalue weighted by atomic mass is 10.0. The molecule has 0 N–H and O–H groups in total. The molecule has 0 radical (unpaired) electrons. The Morgan fingerprint density at radius 2 is 2.29 bits per heavy atom. The molecule has 1 aliphatic rings. The molecule has 0 saturated carbocycles. The second-order valence-electron chi connectivity index (χ2n) is 5.62. The van der Waals surface area contributed by atoms with Crippen molar-refractivity contribution in [1.29, 1.82) is 0 Å². The lowest BCUT2D eigenvalue weighted by Crippen LogP contribution is -2.41. The molecule has 1 aromatic rings. The Hall–Kier alpha value is -1.91. The number of nitrogens with zero attached hydrogens (tertiary/aromatic N) is 2. The summed E-state index contributed by atoms with van der Waals surface area (Å²) in [7, 11) is 0. The first-order valence-electron chi connectivity index (χ1n) is 7.28. The number of halogens is 1. The molecule has 114 valence electrons. The van der Waals surface area contributed by atoms with E-state index in [9.17, 15) is 9.18 Å². The van der Waals surface area contributed by atoms with Crippen LogP contribution in [0.1, 0.15) is 32.8 Å². The molecule has 1 unspecified atom stereocenters. The number of amides is 1. The third kappa shape index (κ3) is 3.80. The predicted molar refractivity (Wildman–Crippen MR) is 79.5 cm³/mol. The highest BCUT2D eigenvalue weighted by molar-refractivity contribution is 6.04. The lowest BCUT2D eigenvalue weighted by molar-refractivity contribution is -0.142. The van der Waals surface area contributed by atoms with Crippen LogP contribution >= 0.6 is 0 Å². The summed E-state index contributed by atoms with van der Waals surface area (Å²) in [5.41, 5.74) is 1.28. The van der Waals surface area contributed by atoms with E-state index in [4.69, 9.17) is 4.84 Å². The molecule has 4 nitrogen and oxygen atoms in total. The van der Waals surface area contributed by atoms with Gasteiger partial charge in [-0.25, -0.2) is 4.39 Å². The summed E-state index contributed by atoms with van der Waals surface area (Å²) < 4.78 is 13.2. The molecular weight excluding hydrogens is 271 g/mol. The minimum atomic E-state index is -0.595. The zero-order valence-corrected chi connectivity index (χ0v) is 12.7. The van der Waals surface area contributed by atoms with Crippen LogP contribution in [0.5, 0.6) is 0 Å². The molecule has 21 heavy (non-hydrogen) atoms. The van der Waals surface area contributed by atoms with Gasteiger partial charge in [-0.2, -0.15) is 0 Å². The van der Waals surface area contributed by atoms with Crippen LogP contribution in [-0.4, -0.2) is 35.7 Å². The largest absolute Gasteiger partial charge is 0.382 e. The normalized spacial score (nSPS) is 17.6. The van der Waals surface area contributed by atoms with Crippen molar-refractivity contribution in [2.75, 3.05) is 13.1 Å². The van der Waals surface area contributed by atoms with Gasteiger partial charge in [-0.15, -0.1) is 0 Å². The summed E-state index contributed by atoms with van der Waals surface area (Å²) in [6, 6.07) is 6.17. The van der Waals surface area contributed by atoms with Gasteiger partial charge in [0.15, 0.2) is 0 Å². The first-order chi connectivity index (χ1) is 10.0. The number of carbonyl (C=O) groups is 1. The first kappa shape index (κ1) is 15.5. The van der Waals surface area contributed by atoms with Gasteiger partial charge < -0.3 is 9.74 Å². The Kier molecular flexibility index (Phi) is 4.94.